The fraction of sp³-hybridized carbons (Fsp3) is 0.278. The van der Waals surface area contributed by atoms with E-state index in [0.717, 1.165) is 4.88 Å². The molecule has 0 fully saturated rings. The van der Waals surface area contributed by atoms with Gasteiger partial charge in [-0.25, -0.2) is 0 Å². The van der Waals surface area contributed by atoms with Crippen molar-refractivity contribution in [3.63, 3.8) is 0 Å². The third-order valence-electron chi connectivity index (χ3n) is 3.73. The van der Waals surface area contributed by atoms with Crippen molar-refractivity contribution >= 4 is 28.8 Å². The van der Waals surface area contributed by atoms with Crippen molar-refractivity contribution in [3.05, 3.63) is 57.6 Å². The Labute approximate surface area is 155 Å². The monoisotopic (exact) mass is 375 g/mol. The van der Waals surface area contributed by atoms with Gasteiger partial charge in [0.1, 0.15) is 0 Å². The minimum Gasteiger partial charge on any atom is -0.419 e. The highest BCUT2D eigenvalue weighted by molar-refractivity contribution is 7.10. The third kappa shape index (κ3) is 4.27. The van der Waals surface area contributed by atoms with Gasteiger partial charge in [0.15, 0.2) is 0 Å². The van der Waals surface area contributed by atoms with Gasteiger partial charge in [-0.05, 0) is 37.4 Å². The first-order chi connectivity index (χ1) is 12.0. The Morgan fingerprint density at radius 1 is 1.24 bits per heavy atom. The summed E-state index contributed by atoms with van der Waals surface area (Å²) in [6, 6.07) is 11.2. The zero-order valence-electron chi connectivity index (χ0n) is 14.0. The van der Waals surface area contributed by atoms with E-state index in [1.54, 1.807) is 22.3 Å². The molecule has 2 aromatic heterocycles. The number of nitrogens with zero attached hydrogens (tertiary/aromatic N) is 3. The van der Waals surface area contributed by atoms with E-state index in [4.69, 9.17) is 16.0 Å². The number of rotatable bonds is 6. The first kappa shape index (κ1) is 17.6. The maximum atomic E-state index is 12.6. The van der Waals surface area contributed by atoms with Crippen molar-refractivity contribution in [3.8, 4) is 11.5 Å². The molecule has 0 aliphatic heterocycles. The maximum Gasteiger partial charge on any atom is 0.249 e. The average molecular weight is 376 g/mol. The van der Waals surface area contributed by atoms with Crippen molar-refractivity contribution in [2.75, 3.05) is 0 Å². The van der Waals surface area contributed by atoms with E-state index < -0.39 is 0 Å². The van der Waals surface area contributed by atoms with Gasteiger partial charge in [-0.2, -0.15) is 0 Å². The van der Waals surface area contributed by atoms with E-state index in [2.05, 4.69) is 10.2 Å². The minimum absolute atomic E-state index is 0.0307. The Hall–Kier alpha value is -2.18. The predicted molar refractivity (Wildman–Crippen MR) is 98.5 cm³/mol. The molecule has 0 saturated heterocycles. The molecule has 0 saturated carbocycles. The number of amides is 1. The molecule has 7 heteroatoms. The van der Waals surface area contributed by atoms with Crippen LogP contribution >= 0.6 is 22.9 Å². The Balaban J connectivity index is 1.75. The molecule has 0 spiro atoms. The molecule has 25 heavy (non-hydrogen) atoms. The first-order valence-electron chi connectivity index (χ1n) is 7.93. The minimum atomic E-state index is 0.0307. The molecule has 2 heterocycles. The fourth-order valence-corrected chi connectivity index (χ4v) is 3.34. The molecule has 0 unspecified atom stereocenters. The molecule has 0 bridgehead atoms. The van der Waals surface area contributed by atoms with Crippen molar-refractivity contribution < 1.29 is 9.21 Å². The van der Waals surface area contributed by atoms with Crippen LogP contribution in [0.5, 0.6) is 0 Å². The summed E-state index contributed by atoms with van der Waals surface area (Å²) in [4.78, 5) is 15.4. The van der Waals surface area contributed by atoms with E-state index in [1.165, 1.54) is 0 Å². The lowest BCUT2D eigenvalue weighted by molar-refractivity contribution is -0.133. The van der Waals surface area contributed by atoms with Crippen LogP contribution < -0.4 is 0 Å². The van der Waals surface area contributed by atoms with E-state index in [1.807, 2.05) is 49.6 Å². The molecule has 3 rings (SSSR count). The van der Waals surface area contributed by atoms with Gasteiger partial charge in [-0.1, -0.05) is 29.8 Å². The number of aromatic nitrogens is 2. The number of carbonyl (C=O) groups is 1. The van der Waals surface area contributed by atoms with Crippen molar-refractivity contribution in [2.24, 2.45) is 0 Å². The van der Waals surface area contributed by atoms with E-state index >= 15 is 0 Å². The second kappa shape index (κ2) is 7.80. The number of thiophene rings is 1. The molecule has 1 aromatic carbocycles. The molecule has 3 aromatic rings. The van der Waals surface area contributed by atoms with Crippen molar-refractivity contribution in [1.29, 1.82) is 0 Å². The molecule has 0 radical (unpaired) electrons. The summed E-state index contributed by atoms with van der Waals surface area (Å²) in [6.45, 7) is 4.22. The van der Waals surface area contributed by atoms with E-state index in [-0.39, 0.29) is 18.5 Å². The lowest BCUT2D eigenvalue weighted by atomic mass is 10.2. The van der Waals surface area contributed by atoms with Crippen LogP contribution in [0.15, 0.2) is 46.2 Å². The van der Waals surface area contributed by atoms with Crippen LogP contribution in [-0.4, -0.2) is 27.0 Å². The van der Waals surface area contributed by atoms with Gasteiger partial charge in [0.2, 0.25) is 17.7 Å². The van der Waals surface area contributed by atoms with Crippen molar-refractivity contribution in [2.45, 2.75) is 32.9 Å². The van der Waals surface area contributed by atoms with Crippen LogP contribution in [0.1, 0.15) is 24.6 Å². The zero-order chi connectivity index (χ0) is 17.8. The Kier molecular flexibility index (Phi) is 5.50. The molecule has 5 nitrogen and oxygen atoms in total. The van der Waals surface area contributed by atoms with Gasteiger partial charge in [-0.3, -0.25) is 4.79 Å². The normalized spacial score (nSPS) is 11.0. The summed E-state index contributed by atoms with van der Waals surface area (Å²) in [7, 11) is 0. The SMILES string of the molecule is CC(C)N(Cc1nnc(-c2ccccc2Cl)o1)C(=O)Cc1cccs1. The second-order valence-corrected chi connectivity index (χ2v) is 7.29. The first-order valence-corrected chi connectivity index (χ1v) is 9.19. The van der Waals surface area contributed by atoms with Gasteiger partial charge >= 0.3 is 0 Å². The number of benzene rings is 1. The van der Waals surface area contributed by atoms with Crippen LogP contribution in [0.3, 0.4) is 0 Å². The summed E-state index contributed by atoms with van der Waals surface area (Å²) in [5.74, 6) is 0.785. The summed E-state index contributed by atoms with van der Waals surface area (Å²) in [5.41, 5.74) is 0.684. The highest BCUT2D eigenvalue weighted by Crippen LogP contribution is 2.26. The summed E-state index contributed by atoms with van der Waals surface area (Å²) in [6.07, 6.45) is 0.376. The Morgan fingerprint density at radius 2 is 2.04 bits per heavy atom. The predicted octanol–water partition coefficient (Wildman–Crippen LogP) is 4.43. The number of halogens is 1. The molecule has 0 atom stereocenters. The van der Waals surface area contributed by atoms with Crippen LogP contribution in [0.4, 0.5) is 0 Å². The Bertz CT molecular complexity index is 846. The smallest absolute Gasteiger partial charge is 0.249 e. The van der Waals surface area contributed by atoms with Crippen LogP contribution in [0, 0.1) is 0 Å². The largest absolute Gasteiger partial charge is 0.419 e. The Morgan fingerprint density at radius 3 is 2.72 bits per heavy atom. The summed E-state index contributed by atoms with van der Waals surface area (Å²) >= 11 is 7.74. The van der Waals surface area contributed by atoms with Crippen LogP contribution in [-0.2, 0) is 17.8 Å². The van der Waals surface area contributed by atoms with Crippen LogP contribution in [0.2, 0.25) is 5.02 Å². The zero-order valence-corrected chi connectivity index (χ0v) is 15.5. The molecular weight excluding hydrogens is 358 g/mol. The average Bonchev–Trinajstić information content (AvgIpc) is 3.24. The second-order valence-electron chi connectivity index (χ2n) is 5.85. The molecule has 1 amide bonds. The van der Waals surface area contributed by atoms with E-state index in [0.29, 0.717) is 28.8 Å². The fourth-order valence-electron chi connectivity index (χ4n) is 2.43. The third-order valence-corrected chi connectivity index (χ3v) is 4.93. The van der Waals surface area contributed by atoms with Gasteiger partial charge in [0, 0.05) is 10.9 Å². The maximum absolute atomic E-state index is 12.6. The highest BCUT2D eigenvalue weighted by atomic mass is 35.5. The van der Waals surface area contributed by atoms with Gasteiger partial charge < -0.3 is 9.32 Å². The van der Waals surface area contributed by atoms with Gasteiger partial charge in [0.25, 0.3) is 0 Å². The highest BCUT2D eigenvalue weighted by Gasteiger charge is 2.21. The quantitative estimate of drug-likeness (QED) is 0.639. The molecule has 0 aliphatic rings. The molecular formula is C18H18ClN3O2S. The molecule has 130 valence electrons. The summed E-state index contributed by atoms with van der Waals surface area (Å²) in [5, 5.41) is 10.6. The van der Waals surface area contributed by atoms with Gasteiger partial charge in [-0.15, -0.1) is 21.5 Å². The standard InChI is InChI=1S/C18H18ClN3O2S/c1-12(2)22(17(23)10-13-6-5-9-25-13)11-16-20-21-18(24-16)14-7-3-4-8-15(14)19/h3-9,12H,10-11H2,1-2H3. The number of hydrogen-bond acceptors (Lipinski definition) is 5. The van der Waals surface area contributed by atoms with Gasteiger partial charge in [0.05, 0.1) is 23.6 Å². The van der Waals surface area contributed by atoms with Crippen molar-refractivity contribution in [1.82, 2.24) is 15.1 Å². The molecule has 0 N–H and O–H groups in total. The number of hydrogen-bond donors (Lipinski definition) is 0. The lowest BCUT2D eigenvalue weighted by Crippen LogP contribution is -2.37. The van der Waals surface area contributed by atoms with Crippen LogP contribution in [0.25, 0.3) is 11.5 Å². The topological polar surface area (TPSA) is 59.2 Å². The summed E-state index contributed by atoms with van der Waals surface area (Å²) < 4.78 is 5.72. The lowest BCUT2D eigenvalue weighted by Gasteiger charge is -2.25. The number of carbonyl (C=O) groups excluding carboxylic acids is 1. The van der Waals surface area contributed by atoms with E-state index in [9.17, 15) is 4.79 Å². The molecule has 0 aliphatic carbocycles.